The molecule has 0 radical (unpaired) electrons. The fraction of sp³-hybridized carbons (Fsp3) is 0.500. The van der Waals surface area contributed by atoms with Gasteiger partial charge in [0.05, 0.1) is 0 Å². The van der Waals surface area contributed by atoms with E-state index in [1.54, 1.807) is 11.8 Å². The zero-order chi connectivity index (χ0) is 15.8. The molecule has 1 aromatic heterocycles. The fourth-order valence-corrected chi connectivity index (χ4v) is 2.25. The standard InChI is InChI=1S/C12H19N5O3S/c1-2-21-6-4-7(13)9(18)10(19)11-15-5-3-8(16-11)12(20)17-14/h3,5,7,9,18H,2,4,6,13-14H2,1H3,(H,17,20)/t7-,9?/m1/s1. The van der Waals surface area contributed by atoms with Gasteiger partial charge < -0.3 is 10.8 Å². The summed E-state index contributed by atoms with van der Waals surface area (Å²) in [6.07, 6.45) is 0.336. The second-order valence-electron chi connectivity index (χ2n) is 4.20. The van der Waals surface area contributed by atoms with Gasteiger partial charge in [0.15, 0.2) is 5.82 Å². The van der Waals surface area contributed by atoms with Crippen molar-refractivity contribution >= 4 is 23.5 Å². The Kier molecular flexibility index (Phi) is 7.23. The highest BCUT2D eigenvalue weighted by Crippen LogP contribution is 2.08. The number of aliphatic hydroxyl groups is 1. The molecule has 0 bridgehead atoms. The van der Waals surface area contributed by atoms with E-state index in [1.807, 2.05) is 12.3 Å². The van der Waals surface area contributed by atoms with Crippen LogP contribution in [0.15, 0.2) is 12.3 Å². The van der Waals surface area contributed by atoms with Gasteiger partial charge in [-0.05, 0) is 24.0 Å². The van der Waals surface area contributed by atoms with Gasteiger partial charge in [0.2, 0.25) is 5.78 Å². The molecular weight excluding hydrogens is 294 g/mol. The summed E-state index contributed by atoms with van der Waals surface area (Å²) in [4.78, 5) is 30.9. The Morgan fingerprint density at radius 3 is 2.86 bits per heavy atom. The van der Waals surface area contributed by atoms with Gasteiger partial charge >= 0.3 is 0 Å². The number of rotatable bonds is 8. The number of hydrazine groups is 1. The summed E-state index contributed by atoms with van der Waals surface area (Å²) >= 11 is 1.67. The molecule has 1 amide bonds. The van der Waals surface area contributed by atoms with Crippen molar-refractivity contribution in [2.24, 2.45) is 11.6 Å². The molecule has 0 aliphatic carbocycles. The van der Waals surface area contributed by atoms with Gasteiger partial charge in [-0.15, -0.1) is 0 Å². The molecular formula is C12H19N5O3S. The van der Waals surface area contributed by atoms with E-state index in [-0.39, 0.29) is 11.5 Å². The highest BCUT2D eigenvalue weighted by atomic mass is 32.2. The minimum atomic E-state index is -1.40. The number of nitrogens with two attached hydrogens (primary N) is 2. The average Bonchev–Trinajstić information content (AvgIpc) is 2.52. The van der Waals surface area contributed by atoms with Crippen LogP contribution in [0.4, 0.5) is 0 Å². The van der Waals surface area contributed by atoms with E-state index in [4.69, 9.17) is 11.6 Å². The van der Waals surface area contributed by atoms with Crippen LogP contribution in [-0.4, -0.2) is 50.4 Å². The van der Waals surface area contributed by atoms with Gasteiger partial charge in [-0.3, -0.25) is 15.0 Å². The first-order chi connectivity index (χ1) is 10.0. The number of nitrogen functional groups attached to an aromatic ring is 1. The summed E-state index contributed by atoms with van der Waals surface area (Å²) in [5.74, 6) is 5.06. The molecule has 0 saturated carbocycles. The largest absolute Gasteiger partial charge is 0.383 e. The number of nitrogens with zero attached hydrogens (tertiary/aromatic N) is 2. The van der Waals surface area contributed by atoms with Crippen LogP contribution in [0.5, 0.6) is 0 Å². The Hall–Kier alpha value is -1.55. The third-order valence-corrected chi connectivity index (χ3v) is 3.65. The van der Waals surface area contributed by atoms with E-state index >= 15 is 0 Å². The lowest BCUT2D eigenvalue weighted by molar-refractivity contribution is 0.0679. The first kappa shape index (κ1) is 17.5. The summed E-state index contributed by atoms with van der Waals surface area (Å²) in [6.45, 7) is 2.01. The van der Waals surface area contributed by atoms with E-state index in [2.05, 4.69) is 9.97 Å². The van der Waals surface area contributed by atoms with Crippen LogP contribution in [0.25, 0.3) is 0 Å². The molecule has 2 atom stereocenters. The smallest absolute Gasteiger partial charge is 0.283 e. The number of aliphatic hydroxyl groups excluding tert-OH is 1. The van der Waals surface area contributed by atoms with Crippen LogP contribution >= 0.6 is 11.8 Å². The van der Waals surface area contributed by atoms with Gasteiger partial charge in [0.1, 0.15) is 11.8 Å². The van der Waals surface area contributed by atoms with Crippen molar-refractivity contribution in [2.45, 2.75) is 25.5 Å². The molecule has 6 N–H and O–H groups in total. The lowest BCUT2D eigenvalue weighted by Crippen LogP contribution is -2.41. The number of aromatic nitrogens is 2. The van der Waals surface area contributed by atoms with E-state index in [0.717, 1.165) is 11.5 Å². The normalized spacial score (nSPS) is 13.5. The molecule has 0 saturated heterocycles. The van der Waals surface area contributed by atoms with Crippen molar-refractivity contribution in [3.05, 3.63) is 23.8 Å². The summed E-state index contributed by atoms with van der Waals surface area (Å²) in [5.41, 5.74) is 7.63. The van der Waals surface area contributed by atoms with Crippen LogP contribution in [0.2, 0.25) is 0 Å². The maximum atomic E-state index is 12.1. The van der Waals surface area contributed by atoms with E-state index < -0.39 is 23.8 Å². The fourth-order valence-electron chi connectivity index (χ4n) is 1.53. The van der Waals surface area contributed by atoms with Crippen LogP contribution in [0.3, 0.4) is 0 Å². The number of nitrogens with one attached hydrogen (secondary N) is 1. The highest BCUT2D eigenvalue weighted by molar-refractivity contribution is 7.99. The van der Waals surface area contributed by atoms with Gasteiger partial charge in [-0.25, -0.2) is 15.8 Å². The summed E-state index contributed by atoms with van der Waals surface area (Å²) < 4.78 is 0. The molecule has 1 rings (SSSR count). The molecule has 0 aliphatic rings. The number of amides is 1. The number of ketones is 1. The molecule has 0 aromatic carbocycles. The predicted octanol–water partition coefficient (Wildman–Crippen LogP) is -0.906. The van der Waals surface area contributed by atoms with Crippen LogP contribution in [-0.2, 0) is 0 Å². The Bertz CT molecular complexity index is 500. The van der Waals surface area contributed by atoms with Gasteiger partial charge in [-0.2, -0.15) is 11.8 Å². The van der Waals surface area contributed by atoms with Gasteiger partial charge in [-0.1, -0.05) is 6.92 Å². The van der Waals surface area contributed by atoms with Crippen molar-refractivity contribution in [3.63, 3.8) is 0 Å². The second kappa shape index (κ2) is 8.67. The number of Topliss-reactive ketones (excluding diaryl/α,β-unsaturated/α-hetero) is 1. The molecule has 21 heavy (non-hydrogen) atoms. The Labute approximate surface area is 126 Å². The second-order valence-corrected chi connectivity index (χ2v) is 5.59. The summed E-state index contributed by atoms with van der Waals surface area (Å²) in [5, 5.41) is 9.94. The maximum Gasteiger partial charge on any atom is 0.283 e. The van der Waals surface area contributed by atoms with E-state index in [0.29, 0.717) is 6.42 Å². The lowest BCUT2D eigenvalue weighted by atomic mass is 10.0. The SMILES string of the molecule is CCSCC[C@@H](N)C(O)C(=O)c1nccc(C(=O)NN)n1. The van der Waals surface area contributed by atoms with Crippen LogP contribution in [0.1, 0.15) is 34.5 Å². The molecule has 116 valence electrons. The van der Waals surface area contributed by atoms with E-state index in [9.17, 15) is 14.7 Å². The monoisotopic (exact) mass is 313 g/mol. The predicted molar refractivity (Wildman–Crippen MR) is 79.6 cm³/mol. The zero-order valence-corrected chi connectivity index (χ0v) is 12.5. The van der Waals surface area contributed by atoms with E-state index in [1.165, 1.54) is 12.3 Å². The average molecular weight is 313 g/mol. The van der Waals surface area contributed by atoms with Crippen molar-refractivity contribution in [1.82, 2.24) is 15.4 Å². The summed E-state index contributed by atoms with van der Waals surface area (Å²) in [6, 6.07) is 0.607. The summed E-state index contributed by atoms with van der Waals surface area (Å²) in [7, 11) is 0. The topological polar surface area (TPSA) is 144 Å². The molecule has 0 spiro atoms. The number of hydrogen-bond donors (Lipinski definition) is 4. The van der Waals surface area contributed by atoms with Gasteiger partial charge in [0.25, 0.3) is 5.91 Å². The lowest BCUT2D eigenvalue weighted by Gasteiger charge is -2.16. The molecule has 8 nitrogen and oxygen atoms in total. The first-order valence-corrected chi connectivity index (χ1v) is 7.56. The molecule has 0 aliphatic heterocycles. The van der Waals surface area contributed by atoms with Crippen molar-refractivity contribution in [1.29, 1.82) is 0 Å². The van der Waals surface area contributed by atoms with Gasteiger partial charge in [0, 0.05) is 12.2 Å². The third-order valence-electron chi connectivity index (χ3n) is 2.71. The Morgan fingerprint density at radius 1 is 1.52 bits per heavy atom. The molecule has 9 heteroatoms. The third kappa shape index (κ3) is 5.05. The van der Waals surface area contributed by atoms with Crippen molar-refractivity contribution in [3.8, 4) is 0 Å². The number of thioether (sulfide) groups is 1. The zero-order valence-electron chi connectivity index (χ0n) is 11.7. The number of carbonyl (C=O) groups is 2. The minimum absolute atomic E-state index is 0.0573. The van der Waals surface area contributed by atoms with Crippen molar-refractivity contribution in [2.75, 3.05) is 11.5 Å². The quantitative estimate of drug-likeness (QED) is 0.159. The highest BCUT2D eigenvalue weighted by Gasteiger charge is 2.26. The maximum absolute atomic E-state index is 12.1. The minimum Gasteiger partial charge on any atom is -0.383 e. The molecule has 0 fully saturated rings. The number of hydrogen-bond acceptors (Lipinski definition) is 8. The van der Waals surface area contributed by atoms with Crippen LogP contribution < -0.4 is 17.0 Å². The number of carbonyl (C=O) groups excluding carboxylic acids is 2. The Balaban J connectivity index is 2.75. The molecule has 1 aromatic rings. The molecule has 1 unspecified atom stereocenters. The first-order valence-electron chi connectivity index (χ1n) is 6.40. The Morgan fingerprint density at radius 2 is 2.24 bits per heavy atom. The van der Waals surface area contributed by atoms with Crippen LogP contribution in [0, 0.1) is 0 Å². The molecule has 1 heterocycles. The van der Waals surface area contributed by atoms with Crippen molar-refractivity contribution < 1.29 is 14.7 Å².